The van der Waals surface area contributed by atoms with Crippen molar-refractivity contribution in [2.45, 2.75) is 13.0 Å². The number of aromatic nitrogens is 2. The first-order chi connectivity index (χ1) is 12.0. The summed E-state index contributed by atoms with van der Waals surface area (Å²) in [5.41, 5.74) is 0.824. The van der Waals surface area contributed by atoms with Crippen molar-refractivity contribution < 1.29 is 13.6 Å². The average Bonchev–Trinajstić information content (AvgIpc) is 3.00. The van der Waals surface area contributed by atoms with Gasteiger partial charge in [0.2, 0.25) is 0 Å². The first-order valence-corrected chi connectivity index (χ1v) is 7.76. The zero-order valence-electron chi connectivity index (χ0n) is 13.8. The van der Waals surface area contributed by atoms with Crippen LogP contribution in [0.5, 0.6) is 0 Å². The number of benzene rings is 2. The quantitative estimate of drug-likeness (QED) is 0.711. The van der Waals surface area contributed by atoms with E-state index in [4.69, 9.17) is 0 Å². The van der Waals surface area contributed by atoms with Crippen LogP contribution < -0.4 is 5.32 Å². The second kappa shape index (κ2) is 6.84. The Labute approximate surface area is 144 Å². The van der Waals surface area contributed by atoms with Crippen LogP contribution in [0.4, 0.5) is 14.5 Å². The predicted molar refractivity (Wildman–Crippen MR) is 91.5 cm³/mol. The largest absolute Gasteiger partial charge is 0.369 e. The summed E-state index contributed by atoms with van der Waals surface area (Å²) in [4.78, 5) is 15.8. The third-order valence-electron chi connectivity index (χ3n) is 4.01. The van der Waals surface area contributed by atoms with Crippen LogP contribution in [0.1, 0.15) is 34.7 Å². The highest BCUT2D eigenvalue weighted by Crippen LogP contribution is 2.29. The van der Waals surface area contributed by atoms with Gasteiger partial charge in [0.1, 0.15) is 23.5 Å². The molecule has 0 saturated carbocycles. The van der Waals surface area contributed by atoms with Crippen molar-refractivity contribution in [2.24, 2.45) is 7.05 Å². The molecule has 0 saturated heterocycles. The molecule has 25 heavy (non-hydrogen) atoms. The van der Waals surface area contributed by atoms with E-state index < -0.39 is 17.7 Å². The maximum Gasteiger partial charge on any atom is 0.159 e. The Morgan fingerprint density at radius 1 is 1.16 bits per heavy atom. The van der Waals surface area contributed by atoms with Gasteiger partial charge in [-0.25, -0.2) is 13.8 Å². The fourth-order valence-electron chi connectivity index (χ4n) is 2.66. The number of carbonyl (C=O) groups excluding carboxylic acids is 1. The molecule has 1 aromatic heterocycles. The van der Waals surface area contributed by atoms with Crippen LogP contribution >= 0.6 is 0 Å². The molecule has 1 heterocycles. The molecule has 0 fully saturated rings. The topological polar surface area (TPSA) is 46.9 Å². The molecule has 3 aromatic rings. The molecular weight excluding hydrogens is 324 g/mol. The van der Waals surface area contributed by atoms with Crippen LogP contribution in [0, 0.1) is 11.6 Å². The van der Waals surface area contributed by atoms with E-state index in [1.807, 2.05) is 0 Å². The summed E-state index contributed by atoms with van der Waals surface area (Å²) in [5, 5.41) is 2.99. The zero-order chi connectivity index (χ0) is 18.0. The molecule has 0 spiro atoms. The molecule has 0 aliphatic heterocycles. The van der Waals surface area contributed by atoms with Gasteiger partial charge >= 0.3 is 0 Å². The van der Waals surface area contributed by atoms with Gasteiger partial charge in [0, 0.05) is 30.6 Å². The molecule has 1 atom stereocenters. The first-order valence-electron chi connectivity index (χ1n) is 7.76. The first kappa shape index (κ1) is 16.8. The minimum absolute atomic E-state index is 0.115. The van der Waals surface area contributed by atoms with Gasteiger partial charge in [-0.1, -0.05) is 18.2 Å². The molecule has 0 radical (unpaired) electrons. The zero-order valence-corrected chi connectivity index (χ0v) is 13.8. The highest BCUT2D eigenvalue weighted by Gasteiger charge is 2.23. The van der Waals surface area contributed by atoms with Gasteiger partial charge in [0.15, 0.2) is 5.78 Å². The molecule has 4 nitrogen and oxygen atoms in total. The van der Waals surface area contributed by atoms with Gasteiger partial charge in [-0.3, -0.25) is 4.79 Å². The summed E-state index contributed by atoms with van der Waals surface area (Å²) in [6.45, 7) is 1.41. The van der Waals surface area contributed by atoms with Crippen molar-refractivity contribution in [3.05, 3.63) is 83.4 Å². The maximum absolute atomic E-state index is 14.3. The molecule has 1 unspecified atom stereocenters. The van der Waals surface area contributed by atoms with Gasteiger partial charge in [0.25, 0.3) is 0 Å². The fourth-order valence-corrected chi connectivity index (χ4v) is 2.66. The maximum atomic E-state index is 14.3. The number of hydrogen-bond donors (Lipinski definition) is 1. The van der Waals surface area contributed by atoms with E-state index in [1.54, 1.807) is 42.2 Å². The molecule has 128 valence electrons. The van der Waals surface area contributed by atoms with E-state index >= 15 is 0 Å². The van der Waals surface area contributed by atoms with Gasteiger partial charge < -0.3 is 9.88 Å². The van der Waals surface area contributed by atoms with Crippen molar-refractivity contribution in [3.8, 4) is 0 Å². The summed E-state index contributed by atoms with van der Waals surface area (Å²) in [7, 11) is 1.78. The number of imidazole rings is 1. The van der Waals surface area contributed by atoms with Crippen molar-refractivity contribution in [1.29, 1.82) is 0 Å². The number of halogens is 2. The number of nitrogens with one attached hydrogen (secondary N) is 1. The van der Waals surface area contributed by atoms with Gasteiger partial charge in [0.05, 0.1) is 5.69 Å². The lowest BCUT2D eigenvalue weighted by molar-refractivity contribution is 0.101. The van der Waals surface area contributed by atoms with E-state index in [-0.39, 0.29) is 11.5 Å². The molecule has 2 aromatic carbocycles. The van der Waals surface area contributed by atoms with Crippen molar-refractivity contribution >= 4 is 11.5 Å². The van der Waals surface area contributed by atoms with Crippen LogP contribution in [0.3, 0.4) is 0 Å². The summed E-state index contributed by atoms with van der Waals surface area (Å²) >= 11 is 0. The Kier molecular flexibility index (Phi) is 4.61. The SMILES string of the molecule is CC(=O)c1ccc(F)c(NC(c2ccccc2F)c2nccn2C)c1. The minimum Gasteiger partial charge on any atom is -0.369 e. The van der Waals surface area contributed by atoms with E-state index in [2.05, 4.69) is 10.3 Å². The third-order valence-corrected chi connectivity index (χ3v) is 4.01. The number of hydrogen-bond acceptors (Lipinski definition) is 3. The Morgan fingerprint density at radius 2 is 1.92 bits per heavy atom. The predicted octanol–water partition coefficient (Wildman–Crippen LogP) is 4.10. The molecule has 0 aliphatic rings. The number of aryl methyl sites for hydroxylation is 1. The molecular formula is C19H17F2N3O. The molecule has 0 aliphatic carbocycles. The Balaban J connectivity index is 2.08. The molecule has 3 rings (SSSR count). The van der Waals surface area contributed by atoms with Crippen LogP contribution in [0.15, 0.2) is 54.9 Å². The number of anilines is 1. The second-order valence-corrected chi connectivity index (χ2v) is 5.75. The molecule has 0 amide bonds. The smallest absolute Gasteiger partial charge is 0.159 e. The molecule has 1 N–H and O–H groups in total. The number of ketones is 1. The van der Waals surface area contributed by atoms with Crippen LogP contribution in [-0.2, 0) is 7.05 Å². The van der Waals surface area contributed by atoms with Crippen molar-refractivity contribution in [2.75, 3.05) is 5.32 Å². The van der Waals surface area contributed by atoms with Crippen molar-refractivity contribution in [1.82, 2.24) is 9.55 Å². The van der Waals surface area contributed by atoms with Crippen molar-refractivity contribution in [3.63, 3.8) is 0 Å². The second-order valence-electron chi connectivity index (χ2n) is 5.75. The van der Waals surface area contributed by atoms with Gasteiger partial charge in [-0.2, -0.15) is 0 Å². The van der Waals surface area contributed by atoms with Gasteiger partial charge in [-0.05, 0) is 31.2 Å². The lowest BCUT2D eigenvalue weighted by atomic mass is 10.0. The number of nitrogens with zero attached hydrogens (tertiary/aromatic N) is 2. The van der Waals surface area contributed by atoms with E-state index in [1.165, 1.54) is 31.2 Å². The van der Waals surface area contributed by atoms with Crippen LogP contribution in [-0.4, -0.2) is 15.3 Å². The Bertz CT molecular complexity index is 921. The highest BCUT2D eigenvalue weighted by molar-refractivity contribution is 5.95. The lowest BCUT2D eigenvalue weighted by Gasteiger charge is -2.21. The van der Waals surface area contributed by atoms with E-state index in [0.717, 1.165) is 0 Å². The van der Waals surface area contributed by atoms with E-state index in [0.29, 0.717) is 17.0 Å². The van der Waals surface area contributed by atoms with Gasteiger partial charge in [-0.15, -0.1) is 0 Å². The lowest BCUT2D eigenvalue weighted by Crippen LogP contribution is -2.19. The summed E-state index contributed by atoms with van der Waals surface area (Å²) < 4.78 is 30.3. The Morgan fingerprint density at radius 3 is 2.56 bits per heavy atom. The Hall–Kier alpha value is -3.02. The normalized spacial score (nSPS) is 12.0. The minimum atomic E-state index is -0.710. The number of rotatable bonds is 5. The van der Waals surface area contributed by atoms with E-state index in [9.17, 15) is 13.6 Å². The van der Waals surface area contributed by atoms with Crippen LogP contribution in [0.25, 0.3) is 0 Å². The standard InChI is InChI=1S/C19H17F2N3O/c1-12(25)13-7-8-16(21)17(11-13)23-18(19-22-9-10-24(19)2)14-5-3-4-6-15(14)20/h3-11,18,23H,1-2H3. The van der Waals surface area contributed by atoms with Crippen LogP contribution in [0.2, 0.25) is 0 Å². The third kappa shape index (κ3) is 3.42. The summed E-state index contributed by atoms with van der Waals surface area (Å²) in [5.74, 6) is -0.605. The highest BCUT2D eigenvalue weighted by atomic mass is 19.1. The average molecular weight is 341 g/mol. The summed E-state index contributed by atoms with van der Waals surface area (Å²) in [6.07, 6.45) is 3.32. The fraction of sp³-hybridized carbons (Fsp3) is 0.158. The number of Topliss-reactive ketones (excluding diaryl/α,β-unsaturated/α-hetero) is 1. The monoisotopic (exact) mass is 341 g/mol. The number of carbonyl (C=O) groups is 1. The molecule has 0 bridgehead atoms. The molecule has 6 heteroatoms. The summed E-state index contributed by atoms with van der Waals surface area (Å²) in [6, 6.07) is 9.61.